The maximum Gasteiger partial charge on any atom is 0.271 e. The van der Waals surface area contributed by atoms with Gasteiger partial charge in [0.1, 0.15) is 34.9 Å². The topological polar surface area (TPSA) is 179 Å². The lowest BCUT2D eigenvalue weighted by molar-refractivity contribution is -0.145. The zero-order valence-corrected chi connectivity index (χ0v) is 28.8. The van der Waals surface area contributed by atoms with Gasteiger partial charge >= 0.3 is 0 Å². The highest BCUT2D eigenvalue weighted by atomic mass is 32.1. The summed E-state index contributed by atoms with van der Waals surface area (Å²) in [5, 5.41) is 13.0. The molecule has 5 atom stereocenters. The highest BCUT2D eigenvalue weighted by Gasteiger charge is 2.33. The standard InChI is InChI=1S/C33H45N7O7S/c1-19(2)27-30(44)35-21(4)32(45)39(5)13-14-40(33(46)25-12-9-15-47-25)17-26(41)36-23(16-22-10-7-6-8-11-22)31-37-24(18-48-31)29(43)34-20(3)28(42)38-27/h6-8,10-11,18-21,23,25,27H,9,12-17H2,1-5H3,(H,34,43)(H,35,44)(H,36,41)(H,38,42)/t20-,21+,23-,25-,27-/m0/s1. The summed E-state index contributed by atoms with van der Waals surface area (Å²) in [4.78, 5) is 87.1. The van der Waals surface area contributed by atoms with Gasteiger partial charge in [0.2, 0.25) is 23.6 Å². The third-order valence-electron chi connectivity index (χ3n) is 8.32. The molecule has 2 aliphatic heterocycles. The van der Waals surface area contributed by atoms with Gasteiger partial charge in [0.15, 0.2) is 0 Å². The van der Waals surface area contributed by atoms with Gasteiger partial charge in [-0.05, 0) is 44.6 Å². The quantitative estimate of drug-likeness (QED) is 0.365. The van der Waals surface area contributed by atoms with Crippen molar-refractivity contribution >= 4 is 46.8 Å². The van der Waals surface area contributed by atoms with Gasteiger partial charge in [0.25, 0.3) is 11.8 Å². The van der Waals surface area contributed by atoms with Crippen LogP contribution in [0.3, 0.4) is 0 Å². The van der Waals surface area contributed by atoms with E-state index in [-0.39, 0.29) is 37.2 Å². The Morgan fingerprint density at radius 1 is 0.979 bits per heavy atom. The normalized spacial score (nSPS) is 25.5. The predicted molar refractivity (Wildman–Crippen MR) is 178 cm³/mol. The molecule has 1 saturated heterocycles. The molecule has 260 valence electrons. The van der Waals surface area contributed by atoms with Gasteiger partial charge in [-0.3, -0.25) is 28.8 Å². The molecule has 0 saturated carbocycles. The highest BCUT2D eigenvalue weighted by molar-refractivity contribution is 7.09. The number of hydrogen-bond acceptors (Lipinski definition) is 9. The smallest absolute Gasteiger partial charge is 0.271 e. The molecule has 1 aromatic carbocycles. The van der Waals surface area contributed by atoms with Gasteiger partial charge in [-0.2, -0.15) is 0 Å². The molecule has 2 bridgehead atoms. The summed E-state index contributed by atoms with van der Waals surface area (Å²) in [7, 11) is 1.55. The number of aromatic nitrogens is 1. The molecule has 6 amide bonds. The number of nitrogens with zero attached hydrogens (tertiary/aromatic N) is 3. The van der Waals surface area contributed by atoms with Crippen LogP contribution in [0.25, 0.3) is 0 Å². The monoisotopic (exact) mass is 683 g/mol. The molecule has 15 heteroatoms. The second-order valence-corrected chi connectivity index (χ2v) is 13.4. The Kier molecular flexibility index (Phi) is 12.6. The molecule has 3 heterocycles. The highest BCUT2D eigenvalue weighted by Crippen LogP contribution is 2.23. The molecule has 2 aromatic rings. The number of fused-ring (bicyclic) bond motifs is 2. The molecule has 1 fully saturated rings. The Bertz CT molecular complexity index is 1480. The summed E-state index contributed by atoms with van der Waals surface area (Å²) in [5.74, 6) is -3.28. The van der Waals surface area contributed by atoms with Crippen LogP contribution in [0.4, 0.5) is 0 Å². The van der Waals surface area contributed by atoms with E-state index in [1.54, 1.807) is 26.3 Å². The number of nitrogens with one attached hydrogen (secondary N) is 4. The van der Waals surface area contributed by atoms with Crippen LogP contribution < -0.4 is 21.3 Å². The van der Waals surface area contributed by atoms with Crippen LogP contribution in [-0.2, 0) is 35.1 Å². The van der Waals surface area contributed by atoms with Crippen LogP contribution in [0.5, 0.6) is 0 Å². The van der Waals surface area contributed by atoms with Gasteiger partial charge in [-0.1, -0.05) is 44.2 Å². The van der Waals surface area contributed by atoms with Crippen LogP contribution in [0.1, 0.15) is 67.6 Å². The third-order valence-corrected chi connectivity index (χ3v) is 9.28. The summed E-state index contributed by atoms with van der Waals surface area (Å²) < 4.78 is 5.62. The first kappa shape index (κ1) is 36.5. The number of amides is 6. The van der Waals surface area contributed by atoms with Crippen molar-refractivity contribution in [3.63, 3.8) is 0 Å². The molecule has 14 nitrogen and oxygen atoms in total. The van der Waals surface area contributed by atoms with Crippen molar-refractivity contribution in [3.8, 4) is 0 Å². The van der Waals surface area contributed by atoms with E-state index < -0.39 is 59.8 Å². The summed E-state index contributed by atoms with van der Waals surface area (Å²) >= 11 is 1.19. The molecule has 0 unspecified atom stereocenters. The first-order chi connectivity index (χ1) is 22.8. The molecule has 4 rings (SSSR count). The number of ether oxygens (including phenoxy) is 1. The minimum atomic E-state index is -1.01. The molecule has 4 N–H and O–H groups in total. The molecule has 0 radical (unpaired) electrons. The Morgan fingerprint density at radius 3 is 2.38 bits per heavy atom. The van der Waals surface area contributed by atoms with Crippen molar-refractivity contribution < 1.29 is 33.5 Å². The van der Waals surface area contributed by atoms with E-state index in [1.165, 1.54) is 35.0 Å². The molecule has 0 spiro atoms. The molecular weight excluding hydrogens is 638 g/mol. The fourth-order valence-corrected chi connectivity index (χ4v) is 6.33. The molecule has 0 aliphatic carbocycles. The van der Waals surface area contributed by atoms with Crippen LogP contribution in [0.15, 0.2) is 35.7 Å². The van der Waals surface area contributed by atoms with Crippen molar-refractivity contribution in [1.29, 1.82) is 0 Å². The Labute approximate surface area is 284 Å². The summed E-state index contributed by atoms with van der Waals surface area (Å²) in [6, 6.07) is 5.91. The fourth-order valence-electron chi connectivity index (χ4n) is 5.48. The largest absolute Gasteiger partial charge is 0.368 e. The van der Waals surface area contributed by atoms with Crippen molar-refractivity contribution in [2.45, 2.75) is 77.2 Å². The third kappa shape index (κ3) is 9.60. The lowest BCUT2D eigenvalue weighted by Gasteiger charge is -2.30. The van der Waals surface area contributed by atoms with E-state index in [4.69, 9.17) is 4.74 Å². The minimum Gasteiger partial charge on any atom is -0.368 e. The SMILES string of the molecule is CC(C)[C@@H]1NC(=O)[C@H](C)NC(=O)c2csc(n2)[C@H](Cc2ccccc2)NC(=O)CN(C(=O)[C@@H]2CCCO2)CCN(C)C(=O)[C@@H](C)NC1=O. The molecule has 48 heavy (non-hydrogen) atoms. The minimum absolute atomic E-state index is 0.0442. The number of likely N-dealkylation sites (N-methyl/N-ethyl adjacent to an activating group) is 1. The fraction of sp³-hybridized carbons (Fsp3) is 0.545. The van der Waals surface area contributed by atoms with Crippen LogP contribution in [-0.4, -0.2) is 108 Å². The maximum atomic E-state index is 13.6. The lowest BCUT2D eigenvalue weighted by atomic mass is 10.0. The van der Waals surface area contributed by atoms with E-state index in [0.29, 0.717) is 24.5 Å². The van der Waals surface area contributed by atoms with Crippen molar-refractivity contribution in [3.05, 3.63) is 52.0 Å². The number of carbonyl (C=O) groups is 6. The van der Waals surface area contributed by atoms with Gasteiger partial charge < -0.3 is 35.8 Å². The van der Waals surface area contributed by atoms with Crippen LogP contribution in [0.2, 0.25) is 0 Å². The zero-order valence-electron chi connectivity index (χ0n) is 28.0. The maximum absolute atomic E-state index is 13.6. The van der Waals surface area contributed by atoms with E-state index in [0.717, 1.165) is 12.0 Å². The predicted octanol–water partition coefficient (Wildman–Crippen LogP) is 0.787. The molecular formula is C33H45N7O7S. The second kappa shape index (κ2) is 16.6. The van der Waals surface area contributed by atoms with Crippen LogP contribution >= 0.6 is 11.3 Å². The van der Waals surface area contributed by atoms with Gasteiger partial charge in [-0.25, -0.2) is 4.98 Å². The Hall–Kier alpha value is -4.37. The van der Waals surface area contributed by atoms with E-state index in [1.807, 2.05) is 30.3 Å². The number of benzene rings is 1. The van der Waals surface area contributed by atoms with Crippen molar-refractivity contribution in [2.75, 3.05) is 33.3 Å². The van der Waals surface area contributed by atoms with E-state index in [9.17, 15) is 28.8 Å². The van der Waals surface area contributed by atoms with Crippen LogP contribution in [0, 0.1) is 5.92 Å². The first-order valence-electron chi connectivity index (χ1n) is 16.2. The van der Waals surface area contributed by atoms with Crippen molar-refractivity contribution in [2.24, 2.45) is 5.92 Å². The Balaban J connectivity index is 1.65. The lowest BCUT2D eigenvalue weighted by Crippen LogP contribution is -2.57. The number of carbonyl (C=O) groups excluding carboxylic acids is 6. The van der Waals surface area contributed by atoms with Crippen molar-refractivity contribution in [1.82, 2.24) is 36.1 Å². The first-order valence-corrected chi connectivity index (χ1v) is 17.1. The van der Waals surface area contributed by atoms with E-state index >= 15 is 0 Å². The van der Waals surface area contributed by atoms with E-state index in [2.05, 4.69) is 26.3 Å². The average molecular weight is 684 g/mol. The molecule has 2 aliphatic rings. The number of rotatable bonds is 4. The Morgan fingerprint density at radius 2 is 1.71 bits per heavy atom. The average Bonchev–Trinajstić information content (AvgIpc) is 3.77. The van der Waals surface area contributed by atoms with Gasteiger partial charge in [0.05, 0.1) is 12.6 Å². The summed E-state index contributed by atoms with van der Waals surface area (Å²) in [5.41, 5.74) is 0.987. The summed E-state index contributed by atoms with van der Waals surface area (Å²) in [6.07, 6.45) is 0.938. The number of thiazole rings is 1. The molecule has 1 aromatic heterocycles. The summed E-state index contributed by atoms with van der Waals surface area (Å²) in [6.45, 7) is 6.82. The van der Waals surface area contributed by atoms with Gasteiger partial charge in [0, 0.05) is 32.1 Å². The second-order valence-electron chi connectivity index (χ2n) is 12.6. The van der Waals surface area contributed by atoms with Gasteiger partial charge in [-0.15, -0.1) is 11.3 Å². The number of hydrogen-bond donors (Lipinski definition) is 4. The zero-order chi connectivity index (χ0) is 35.0.